The third-order valence-corrected chi connectivity index (χ3v) is 5.08. The lowest BCUT2D eigenvalue weighted by atomic mass is 9.82. The third kappa shape index (κ3) is 2.85. The normalized spacial score (nSPS) is 26.8. The number of aliphatic hydroxyl groups excluding tert-OH is 1. The fourth-order valence-corrected chi connectivity index (χ4v) is 3.66. The van der Waals surface area contributed by atoms with Crippen molar-refractivity contribution in [3.05, 3.63) is 11.3 Å². The van der Waals surface area contributed by atoms with Gasteiger partial charge in [-0.2, -0.15) is 5.10 Å². The lowest BCUT2D eigenvalue weighted by Gasteiger charge is -2.30. The Kier molecular flexibility index (Phi) is 4.01. The topological polar surface area (TPSA) is 50.1 Å². The predicted molar refractivity (Wildman–Crippen MR) is 80.9 cm³/mol. The average Bonchev–Trinajstić information content (AvgIpc) is 3.25. The summed E-state index contributed by atoms with van der Waals surface area (Å²) in [5.41, 5.74) is 2.29. The average molecular weight is 277 g/mol. The molecule has 0 bridgehead atoms. The van der Waals surface area contributed by atoms with Crippen LogP contribution in [0.4, 0.5) is 5.82 Å². The van der Waals surface area contributed by atoms with Crippen LogP contribution in [0.2, 0.25) is 0 Å². The van der Waals surface area contributed by atoms with E-state index in [-0.39, 0.29) is 6.61 Å². The summed E-state index contributed by atoms with van der Waals surface area (Å²) in [6, 6.07) is 0.585. The van der Waals surface area contributed by atoms with Crippen molar-refractivity contribution >= 4 is 5.82 Å². The Hall–Kier alpha value is -1.03. The van der Waals surface area contributed by atoms with E-state index in [1.165, 1.54) is 44.1 Å². The summed E-state index contributed by atoms with van der Waals surface area (Å²) in [6.07, 6.45) is 8.27. The van der Waals surface area contributed by atoms with Crippen LogP contribution in [0.15, 0.2) is 0 Å². The molecule has 0 aromatic carbocycles. The smallest absolute Gasteiger partial charge is 0.127 e. The molecule has 2 atom stereocenters. The minimum absolute atomic E-state index is 0.143. The van der Waals surface area contributed by atoms with E-state index >= 15 is 0 Å². The molecular weight excluding hydrogens is 250 g/mol. The van der Waals surface area contributed by atoms with Crippen molar-refractivity contribution in [3.63, 3.8) is 0 Å². The van der Waals surface area contributed by atoms with Gasteiger partial charge >= 0.3 is 0 Å². The molecule has 20 heavy (non-hydrogen) atoms. The van der Waals surface area contributed by atoms with Crippen molar-refractivity contribution in [3.8, 4) is 0 Å². The number of anilines is 1. The highest BCUT2D eigenvalue weighted by molar-refractivity contribution is 5.47. The number of nitrogens with one attached hydrogen (secondary N) is 1. The molecule has 2 N–H and O–H groups in total. The van der Waals surface area contributed by atoms with Crippen LogP contribution in [-0.2, 0) is 6.54 Å². The quantitative estimate of drug-likeness (QED) is 0.870. The van der Waals surface area contributed by atoms with Gasteiger partial charge < -0.3 is 10.4 Å². The third-order valence-electron chi connectivity index (χ3n) is 5.08. The van der Waals surface area contributed by atoms with Crippen LogP contribution in [0.1, 0.15) is 49.8 Å². The summed E-state index contributed by atoms with van der Waals surface area (Å²) >= 11 is 0. The van der Waals surface area contributed by atoms with Crippen molar-refractivity contribution in [1.29, 1.82) is 0 Å². The van der Waals surface area contributed by atoms with Crippen LogP contribution in [0.25, 0.3) is 0 Å². The second-order valence-corrected chi connectivity index (χ2v) is 6.61. The minimum atomic E-state index is 0.143. The lowest BCUT2D eigenvalue weighted by Crippen LogP contribution is -2.29. The molecule has 0 radical (unpaired) electrons. The Balaban J connectivity index is 1.69. The molecule has 2 fully saturated rings. The molecule has 0 spiro atoms. The molecule has 4 nitrogen and oxygen atoms in total. The minimum Gasteiger partial charge on any atom is -0.394 e. The standard InChI is InChI=1S/C16H27N3O/c1-11-12(2)18-19(8-9-20)16(11)17-15-5-3-4-14(10-15)13-6-7-13/h13-15,17,20H,3-10H2,1-2H3/t14-,15+/m1/s1. The van der Waals surface area contributed by atoms with Gasteiger partial charge in [-0.25, -0.2) is 4.68 Å². The monoisotopic (exact) mass is 277 g/mol. The van der Waals surface area contributed by atoms with Gasteiger partial charge in [0.2, 0.25) is 0 Å². The van der Waals surface area contributed by atoms with E-state index in [0.717, 1.165) is 23.3 Å². The zero-order valence-corrected chi connectivity index (χ0v) is 12.7. The largest absolute Gasteiger partial charge is 0.394 e. The molecule has 1 aromatic heterocycles. The molecule has 1 heterocycles. The van der Waals surface area contributed by atoms with Gasteiger partial charge in [0.1, 0.15) is 5.82 Å². The highest BCUT2D eigenvalue weighted by Gasteiger charge is 2.35. The molecule has 0 aliphatic heterocycles. The Morgan fingerprint density at radius 3 is 2.70 bits per heavy atom. The summed E-state index contributed by atoms with van der Waals surface area (Å²) in [4.78, 5) is 0. The molecule has 2 aliphatic rings. The summed E-state index contributed by atoms with van der Waals surface area (Å²) < 4.78 is 1.94. The molecule has 3 rings (SSSR count). The van der Waals surface area contributed by atoms with Crippen LogP contribution >= 0.6 is 0 Å². The molecule has 2 aliphatic carbocycles. The van der Waals surface area contributed by atoms with Gasteiger partial charge in [-0.1, -0.05) is 12.8 Å². The Morgan fingerprint density at radius 1 is 1.20 bits per heavy atom. The highest BCUT2D eigenvalue weighted by Crippen LogP contribution is 2.44. The second-order valence-electron chi connectivity index (χ2n) is 6.61. The van der Waals surface area contributed by atoms with Crippen LogP contribution in [-0.4, -0.2) is 27.5 Å². The fraction of sp³-hybridized carbons (Fsp3) is 0.812. The van der Waals surface area contributed by atoms with Crippen molar-refractivity contribution in [1.82, 2.24) is 9.78 Å². The van der Waals surface area contributed by atoms with Gasteiger partial charge in [-0.05, 0) is 51.4 Å². The maximum absolute atomic E-state index is 9.18. The van der Waals surface area contributed by atoms with Gasteiger partial charge in [0.25, 0.3) is 0 Å². The molecule has 0 amide bonds. The summed E-state index contributed by atoms with van der Waals surface area (Å²) in [5, 5.41) is 17.4. The zero-order valence-electron chi connectivity index (χ0n) is 12.7. The number of hydrogen-bond acceptors (Lipinski definition) is 3. The van der Waals surface area contributed by atoms with Crippen LogP contribution < -0.4 is 5.32 Å². The van der Waals surface area contributed by atoms with E-state index in [1.807, 2.05) is 11.6 Å². The van der Waals surface area contributed by atoms with Gasteiger partial charge in [0.15, 0.2) is 0 Å². The van der Waals surface area contributed by atoms with Crippen molar-refractivity contribution in [2.24, 2.45) is 11.8 Å². The number of nitrogens with zero attached hydrogens (tertiary/aromatic N) is 2. The van der Waals surface area contributed by atoms with Crippen LogP contribution in [0.5, 0.6) is 0 Å². The first kappa shape index (κ1) is 13.9. The molecular formula is C16H27N3O. The van der Waals surface area contributed by atoms with Crippen LogP contribution in [0, 0.1) is 25.7 Å². The lowest BCUT2D eigenvalue weighted by molar-refractivity contribution is 0.269. The summed E-state index contributed by atoms with van der Waals surface area (Å²) in [7, 11) is 0. The summed E-state index contributed by atoms with van der Waals surface area (Å²) in [6.45, 7) is 4.89. The maximum atomic E-state index is 9.18. The van der Waals surface area contributed by atoms with Crippen molar-refractivity contribution in [2.45, 2.75) is 65.0 Å². The molecule has 2 saturated carbocycles. The van der Waals surface area contributed by atoms with Crippen LogP contribution in [0.3, 0.4) is 0 Å². The molecule has 1 aromatic rings. The van der Waals surface area contributed by atoms with E-state index in [0.29, 0.717) is 12.6 Å². The predicted octanol–water partition coefficient (Wildman–Crippen LogP) is 2.87. The second kappa shape index (κ2) is 5.76. The first-order valence-electron chi connectivity index (χ1n) is 8.10. The van der Waals surface area contributed by atoms with Gasteiger partial charge in [-0.15, -0.1) is 0 Å². The summed E-state index contributed by atoms with van der Waals surface area (Å²) in [5.74, 6) is 3.08. The SMILES string of the molecule is Cc1nn(CCO)c(N[C@H]2CCC[C@@H](C3CC3)C2)c1C. The number of aliphatic hydroxyl groups is 1. The van der Waals surface area contributed by atoms with E-state index < -0.39 is 0 Å². The first-order valence-corrected chi connectivity index (χ1v) is 8.10. The van der Waals surface area contributed by atoms with E-state index in [4.69, 9.17) is 0 Å². The van der Waals surface area contributed by atoms with E-state index in [9.17, 15) is 5.11 Å². The number of aromatic nitrogens is 2. The fourth-order valence-electron chi connectivity index (χ4n) is 3.66. The number of hydrogen-bond donors (Lipinski definition) is 2. The Labute approximate surface area is 121 Å². The maximum Gasteiger partial charge on any atom is 0.127 e. The number of aryl methyl sites for hydroxylation is 1. The molecule has 4 heteroatoms. The molecule has 112 valence electrons. The Bertz CT molecular complexity index is 465. The van der Waals surface area contributed by atoms with Gasteiger partial charge in [-0.3, -0.25) is 0 Å². The van der Waals surface area contributed by atoms with Crippen molar-refractivity contribution in [2.75, 3.05) is 11.9 Å². The van der Waals surface area contributed by atoms with E-state index in [1.54, 1.807) is 0 Å². The zero-order chi connectivity index (χ0) is 14.1. The van der Waals surface area contributed by atoms with Gasteiger partial charge in [0, 0.05) is 11.6 Å². The van der Waals surface area contributed by atoms with Crippen molar-refractivity contribution < 1.29 is 5.11 Å². The molecule has 0 saturated heterocycles. The first-order chi connectivity index (χ1) is 9.69. The number of rotatable bonds is 5. The Morgan fingerprint density at radius 2 is 2.00 bits per heavy atom. The highest BCUT2D eigenvalue weighted by atomic mass is 16.3. The van der Waals surface area contributed by atoms with Gasteiger partial charge in [0.05, 0.1) is 18.8 Å². The molecule has 0 unspecified atom stereocenters. The van der Waals surface area contributed by atoms with E-state index in [2.05, 4.69) is 17.3 Å².